The molecule has 0 radical (unpaired) electrons. The standard InChI is InChI=1S/C85H86N2O2/c1-61(2)21-19-23-63(5)53-55-88-75-47-51-81-79(59-75)80-60-76(89-56-54-64(6)24-20-22-62(3)4)48-52-82(80)85(81)83-57-67(35-33-65-37-43-73(44-38-65)86(69-25-11-7-12-26-69)70-27-13-8-14-28-70)41-49-77(83)78-50-42-68(58-84(78)85)36-34-66-39-45-74(46-40-66)87(71-29-15-9-16-30-71)72-31-17-10-18-32-72/h7-18,25-52,57-64H,19-24,53-56H2,1-6H3/b35-33+,36-34+. The predicted octanol–water partition coefficient (Wildman–Crippen LogP) is 23.8. The highest BCUT2D eigenvalue weighted by molar-refractivity contribution is 5.97. The maximum Gasteiger partial charge on any atom is 0.119 e. The van der Waals surface area contributed by atoms with Crippen molar-refractivity contribution in [1.29, 1.82) is 0 Å². The molecule has 4 heteroatoms. The van der Waals surface area contributed by atoms with Crippen LogP contribution in [0, 0.1) is 23.7 Å². The molecule has 0 saturated heterocycles. The maximum atomic E-state index is 6.76. The Balaban J connectivity index is 0.916. The smallest absolute Gasteiger partial charge is 0.119 e. The van der Waals surface area contributed by atoms with Crippen LogP contribution in [0.5, 0.6) is 11.5 Å². The van der Waals surface area contributed by atoms with Crippen molar-refractivity contribution in [1.82, 2.24) is 0 Å². The lowest BCUT2D eigenvalue weighted by Gasteiger charge is -2.31. The van der Waals surface area contributed by atoms with E-state index in [1.54, 1.807) is 0 Å². The zero-order chi connectivity index (χ0) is 61.1. The Labute approximate surface area is 530 Å². The minimum atomic E-state index is -0.615. The van der Waals surface area contributed by atoms with Crippen molar-refractivity contribution in [3.8, 4) is 33.8 Å². The van der Waals surface area contributed by atoms with Crippen LogP contribution >= 0.6 is 0 Å². The maximum absolute atomic E-state index is 6.76. The van der Waals surface area contributed by atoms with Crippen LogP contribution in [0.25, 0.3) is 46.6 Å². The topological polar surface area (TPSA) is 24.9 Å². The highest BCUT2D eigenvalue weighted by Crippen LogP contribution is 2.64. The second kappa shape index (κ2) is 27.9. The summed E-state index contributed by atoms with van der Waals surface area (Å²) >= 11 is 0. The lowest BCUT2D eigenvalue weighted by Crippen LogP contribution is -2.26. The summed E-state index contributed by atoms with van der Waals surface area (Å²) in [5.74, 6) is 4.51. The van der Waals surface area contributed by atoms with E-state index in [0.29, 0.717) is 25.0 Å². The van der Waals surface area contributed by atoms with Gasteiger partial charge in [0.1, 0.15) is 11.5 Å². The summed E-state index contributed by atoms with van der Waals surface area (Å²) < 4.78 is 13.5. The van der Waals surface area contributed by atoms with Crippen molar-refractivity contribution in [2.24, 2.45) is 23.7 Å². The van der Waals surface area contributed by atoms with Crippen LogP contribution in [0.4, 0.5) is 34.1 Å². The van der Waals surface area contributed by atoms with E-state index in [0.717, 1.165) is 92.6 Å². The van der Waals surface area contributed by atoms with Crippen molar-refractivity contribution in [2.45, 2.75) is 98.3 Å². The highest BCUT2D eigenvalue weighted by Gasteiger charge is 2.52. The van der Waals surface area contributed by atoms with Gasteiger partial charge in [-0.05, 0) is 212 Å². The van der Waals surface area contributed by atoms with Crippen LogP contribution in [0.1, 0.15) is 137 Å². The molecule has 0 saturated carbocycles. The summed E-state index contributed by atoms with van der Waals surface area (Å²) in [6.45, 7) is 15.4. The molecule has 2 aliphatic carbocycles. The van der Waals surface area contributed by atoms with E-state index in [1.807, 2.05) is 0 Å². The highest BCUT2D eigenvalue weighted by atomic mass is 16.5. The Hall–Kier alpha value is -9.12. The number of hydrogen-bond donors (Lipinski definition) is 0. The van der Waals surface area contributed by atoms with Crippen LogP contribution in [-0.4, -0.2) is 13.2 Å². The summed E-state index contributed by atoms with van der Waals surface area (Å²) in [4.78, 5) is 4.62. The second-order valence-electron chi connectivity index (χ2n) is 25.8. The fraction of sp³-hybridized carbons (Fsp3) is 0.247. The molecule has 1 spiro atoms. The van der Waals surface area contributed by atoms with Gasteiger partial charge in [-0.25, -0.2) is 0 Å². The third kappa shape index (κ3) is 13.6. The number of hydrogen-bond acceptors (Lipinski definition) is 4. The van der Waals surface area contributed by atoms with Gasteiger partial charge in [0.15, 0.2) is 0 Å². The van der Waals surface area contributed by atoms with E-state index in [1.165, 1.54) is 83.0 Å². The molecule has 0 amide bonds. The molecule has 0 heterocycles. The first-order chi connectivity index (χ1) is 43.6. The lowest BCUT2D eigenvalue weighted by atomic mass is 9.70. The summed E-state index contributed by atoms with van der Waals surface area (Å²) in [6.07, 6.45) is 18.7. The van der Waals surface area contributed by atoms with Crippen LogP contribution in [-0.2, 0) is 5.41 Å². The minimum Gasteiger partial charge on any atom is -0.494 e. The Morgan fingerprint density at radius 1 is 0.303 bits per heavy atom. The summed E-state index contributed by atoms with van der Waals surface area (Å²) in [6, 6.07) is 88.4. The van der Waals surface area contributed by atoms with E-state index in [4.69, 9.17) is 9.47 Å². The Morgan fingerprint density at radius 2 is 0.629 bits per heavy atom. The van der Waals surface area contributed by atoms with Crippen molar-refractivity contribution in [3.05, 3.63) is 287 Å². The molecule has 2 atom stereocenters. The van der Waals surface area contributed by atoms with Crippen LogP contribution in [0.2, 0.25) is 0 Å². The fourth-order valence-corrected chi connectivity index (χ4v) is 13.5. The average molecular weight is 1170 g/mol. The molecular weight excluding hydrogens is 1080 g/mol. The Morgan fingerprint density at radius 3 is 0.978 bits per heavy atom. The van der Waals surface area contributed by atoms with Gasteiger partial charge < -0.3 is 19.3 Å². The fourth-order valence-electron chi connectivity index (χ4n) is 13.5. The quantitative estimate of drug-likeness (QED) is 0.0505. The van der Waals surface area contributed by atoms with E-state index < -0.39 is 5.41 Å². The number of nitrogens with zero attached hydrogens (tertiary/aromatic N) is 2. The first kappa shape index (κ1) is 60.2. The van der Waals surface area contributed by atoms with Gasteiger partial charge in [-0.2, -0.15) is 0 Å². The zero-order valence-electron chi connectivity index (χ0n) is 53.0. The third-order valence-corrected chi connectivity index (χ3v) is 18.3. The summed E-state index contributed by atoms with van der Waals surface area (Å²) in [7, 11) is 0. The average Bonchev–Trinajstić information content (AvgIpc) is 1.51. The van der Waals surface area contributed by atoms with E-state index in [9.17, 15) is 0 Å². The van der Waals surface area contributed by atoms with Crippen LogP contribution < -0.4 is 19.3 Å². The van der Waals surface area contributed by atoms with Crippen LogP contribution in [0.15, 0.2) is 243 Å². The molecule has 0 aliphatic heterocycles. The molecule has 0 N–H and O–H groups in total. The molecule has 10 aromatic rings. The number of para-hydroxylation sites is 4. The predicted molar refractivity (Wildman–Crippen MR) is 379 cm³/mol. The molecule has 2 aliphatic rings. The molecule has 12 rings (SSSR count). The van der Waals surface area contributed by atoms with Gasteiger partial charge in [0.25, 0.3) is 0 Å². The summed E-state index contributed by atoms with van der Waals surface area (Å²) in [5, 5.41) is 0. The van der Waals surface area contributed by atoms with Gasteiger partial charge in [-0.1, -0.05) is 238 Å². The van der Waals surface area contributed by atoms with Crippen molar-refractivity contribution < 1.29 is 9.47 Å². The molecule has 10 aromatic carbocycles. The van der Waals surface area contributed by atoms with Gasteiger partial charge in [0, 0.05) is 34.1 Å². The Bertz CT molecular complexity index is 3660. The molecule has 0 bridgehead atoms. The van der Waals surface area contributed by atoms with Gasteiger partial charge in [0.2, 0.25) is 0 Å². The van der Waals surface area contributed by atoms with Gasteiger partial charge in [-0.3, -0.25) is 0 Å². The number of ether oxygens (including phenoxy) is 2. The molecule has 0 fully saturated rings. The number of fused-ring (bicyclic) bond motifs is 10. The third-order valence-electron chi connectivity index (χ3n) is 18.3. The zero-order valence-corrected chi connectivity index (χ0v) is 53.0. The van der Waals surface area contributed by atoms with Crippen molar-refractivity contribution in [2.75, 3.05) is 23.0 Å². The Kier molecular flexibility index (Phi) is 18.9. The van der Waals surface area contributed by atoms with Crippen molar-refractivity contribution in [3.63, 3.8) is 0 Å². The van der Waals surface area contributed by atoms with Gasteiger partial charge >= 0.3 is 0 Å². The monoisotopic (exact) mass is 1170 g/mol. The molecule has 448 valence electrons. The van der Waals surface area contributed by atoms with E-state index in [-0.39, 0.29) is 0 Å². The summed E-state index contributed by atoms with van der Waals surface area (Å²) in [5.41, 5.74) is 20.7. The van der Waals surface area contributed by atoms with Gasteiger partial charge in [0.05, 0.1) is 18.6 Å². The van der Waals surface area contributed by atoms with E-state index >= 15 is 0 Å². The minimum absolute atomic E-state index is 0.607. The molecule has 0 aromatic heterocycles. The second-order valence-corrected chi connectivity index (χ2v) is 25.8. The molecule has 4 nitrogen and oxygen atoms in total. The van der Waals surface area contributed by atoms with Crippen LogP contribution in [0.3, 0.4) is 0 Å². The molecule has 2 unspecified atom stereocenters. The number of benzene rings is 10. The SMILES string of the molecule is CC(C)CCCC(C)CCOc1ccc2c(c1)-c1cc(OCCC(C)CCCC(C)C)ccc1C21c2cc(/C=C/c3ccc(N(c4ccccc4)c4ccccc4)cc3)ccc2-c2ccc(/C=C/c3ccc(N(c4ccccc4)c4ccccc4)cc3)cc21. The first-order valence-electron chi connectivity index (χ1n) is 32.8. The normalized spacial score (nSPS) is 13.4. The van der Waals surface area contributed by atoms with Gasteiger partial charge in [-0.15, -0.1) is 0 Å². The molecular formula is C85H86N2O2. The first-order valence-corrected chi connectivity index (χ1v) is 32.8. The van der Waals surface area contributed by atoms with E-state index in [2.05, 4.69) is 318 Å². The van der Waals surface area contributed by atoms with Crippen molar-refractivity contribution >= 4 is 58.4 Å². The largest absolute Gasteiger partial charge is 0.494 e. The molecule has 89 heavy (non-hydrogen) atoms. The number of rotatable bonds is 26. The lowest BCUT2D eigenvalue weighted by molar-refractivity contribution is 0.275. The number of anilines is 6.